The molecular formula is C17H16BrClN2O2. The van der Waals surface area contributed by atoms with E-state index < -0.39 is 6.10 Å². The topological polar surface area (TPSA) is 50.7 Å². The van der Waals surface area contributed by atoms with Crippen LogP contribution in [-0.4, -0.2) is 18.2 Å². The average Bonchev–Trinajstić information content (AvgIpc) is 2.52. The number of benzene rings is 2. The third kappa shape index (κ3) is 5.37. The van der Waals surface area contributed by atoms with Crippen molar-refractivity contribution in [3.05, 3.63) is 63.1 Å². The Hall–Kier alpha value is -1.85. The highest BCUT2D eigenvalue weighted by Crippen LogP contribution is 2.21. The van der Waals surface area contributed by atoms with E-state index in [1.807, 2.05) is 31.2 Å². The van der Waals surface area contributed by atoms with Gasteiger partial charge in [0.15, 0.2) is 6.10 Å². The molecule has 0 heterocycles. The van der Waals surface area contributed by atoms with Gasteiger partial charge in [-0.3, -0.25) is 4.79 Å². The van der Waals surface area contributed by atoms with E-state index in [-0.39, 0.29) is 5.91 Å². The lowest BCUT2D eigenvalue weighted by molar-refractivity contribution is -0.127. The van der Waals surface area contributed by atoms with E-state index in [4.69, 9.17) is 16.3 Å². The van der Waals surface area contributed by atoms with Crippen LogP contribution in [0.3, 0.4) is 0 Å². The number of hydrogen-bond donors (Lipinski definition) is 1. The predicted octanol–water partition coefficient (Wildman–Crippen LogP) is 4.33. The molecule has 4 nitrogen and oxygen atoms in total. The summed E-state index contributed by atoms with van der Waals surface area (Å²) in [7, 11) is 0. The normalized spacial score (nSPS) is 12.2. The fourth-order valence-corrected chi connectivity index (χ4v) is 2.14. The molecule has 0 aliphatic rings. The van der Waals surface area contributed by atoms with Crippen molar-refractivity contribution in [3.8, 4) is 5.75 Å². The van der Waals surface area contributed by atoms with Crippen molar-refractivity contribution in [1.29, 1.82) is 0 Å². The molecule has 1 amide bonds. The summed E-state index contributed by atoms with van der Waals surface area (Å²) in [5.74, 6) is 0.261. The summed E-state index contributed by atoms with van der Waals surface area (Å²) >= 11 is 9.32. The molecule has 0 aliphatic heterocycles. The number of halogens is 2. The smallest absolute Gasteiger partial charge is 0.280 e. The van der Waals surface area contributed by atoms with Crippen LogP contribution >= 0.6 is 27.5 Å². The van der Waals surface area contributed by atoms with Crippen LogP contribution in [0.2, 0.25) is 5.02 Å². The van der Waals surface area contributed by atoms with Crippen molar-refractivity contribution in [2.24, 2.45) is 5.10 Å². The molecular weight excluding hydrogens is 380 g/mol. The fraction of sp³-hybridized carbons (Fsp3) is 0.176. The summed E-state index contributed by atoms with van der Waals surface area (Å²) in [6.45, 7) is 3.54. The second-order valence-corrected chi connectivity index (χ2v) is 6.28. The molecule has 0 aromatic heterocycles. The van der Waals surface area contributed by atoms with Gasteiger partial charge in [0.2, 0.25) is 0 Å². The van der Waals surface area contributed by atoms with Gasteiger partial charge in [-0.15, -0.1) is 0 Å². The Morgan fingerprint density at radius 2 is 2.00 bits per heavy atom. The molecule has 2 aromatic carbocycles. The summed E-state index contributed by atoms with van der Waals surface area (Å²) in [4.78, 5) is 12.0. The standard InChI is InChI=1S/C17H16BrClN2O2/c1-11-9-15(7-8-16(11)19)23-12(2)17(22)21-20-10-13-3-5-14(18)6-4-13/h3-10,12H,1-2H3,(H,21,22)/b20-10+. The lowest BCUT2D eigenvalue weighted by Crippen LogP contribution is -2.33. The zero-order valence-electron chi connectivity index (χ0n) is 12.7. The minimum Gasteiger partial charge on any atom is -0.481 e. The van der Waals surface area contributed by atoms with Crippen molar-refractivity contribution in [2.45, 2.75) is 20.0 Å². The number of nitrogens with one attached hydrogen (secondary N) is 1. The van der Waals surface area contributed by atoms with Gasteiger partial charge in [-0.05, 0) is 55.3 Å². The van der Waals surface area contributed by atoms with Gasteiger partial charge in [0.25, 0.3) is 5.91 Å². The van der Waals surface area contributed by atoms with E-state index in [1.165, 1.54) is 0 Å². The lowest BCUT2D eigenvalue weighted by Gasteiger charge is -2.13. The zero-order chi connectivity index (χ0) is 16.8. The minimum atomic E-state index is -0.669. The fourth-order valence-electron chi connectivity index (χ4n) is 1.76. The van der Waals surface area contributed by atoms with Gasteiger partial charge in [0, 0.05) is 9.50 Å². The van der Waals surface area contributed by atoms with Gasteiger partial charge in [-0.1, -0.05) is 39.7 Å². The SMILES string of the molecule is Cc1cc(OC(C)C(=O)N/N=C/c2ccc(Br)cc2)ccc1Cl. The first-order chi connectivity index (χ1) is 11.0. The first-order valence-electron chi connectivity index (χ1n) is 6.97. The molecule has 0 fully saturated rings. The summed E-state index contributed by atoms with van der Waals surface area (Å²) in [5, 5.41) is 4.59. The molecule has 6 heteroatoms. The Morgan fingerprint density at radius 3 is 2.65 bits per heavy atom. The molecule has 120 valence electrons. The van der Waals surface area contributed by atoms with Gasteiger partial charge >= 0.3 is 0 Å². The number of carbonyl (C=O) groups is 1. The van der Waals surface area contributed by atoms with E-state index in [2.05, 4.69) is 26.5 Å². The third-order valence-electron chi connectivity index (χ3n) is 3.07. The molecule has 0 saturated heterocycles. The maximum atomic E-state index is 12.0. The summed E-state index contributed by atoms with van der Waals surface area (Å²) in [6.07, 6.45) is 0.904. The maximum absolute atomic E-state index is 12.0. The van der Waals surface area contributed by atoms with Crippen LogP contribution in [0.25, 0.3) is 0 Å². The largest absolute Gasteiger partial charge is 0.481 e. The number of hydrogen-bond acceptors (Lipinski definition) is 3. The summed E-state index contributed by atoms with van der Waals surface area (Å²) < 4.78 is 6.56. The van der Waals surface area contributed by atoms with E-state index in [0.717, 1.165) is 15.6 Å². The number of carbonyl (C=O) groups excluding carboxylic acids is 1. The molecule has 0 aliphatic carbocycles. The lowest BCUT2D eigenvalue weighted by atomic mass is 10.2. The number of ether oxygens (including phenoxy) is 1. The molecule has 1 atom stereocenters. The second-order valence-electron chi connectivity index (χ2n) is 4.96. The molecule has 0 spiro atoms. The van der Waals surface area contributed by atoms with Gasteiger partial charge in [0.1, 0.15) is 5.75 Å². The Balaban J connectivity index is 1.89. The van der Waals surface area contributed by atoms with Crippen LogP contribution in [-0.2, 0) is 4.79 Å². The quantitative estimate of drug-likeness (QED) is 0.605. The van der Waals surface area contributed by atoms with Gasteiger partial charge in [0.05, 0.1) is 6.21 Å². The van der Waals surface area contributed by atoms with Crippen molar-refractivity contribution in [2.75, 3.05) is 0 Å². The first-order valence-corrected chi connectivity index (χ1v) is 8.14. The number of hydrazone groups is 1. The number of amides is 1. The highest BCUT2D eigenvalue weighted by molar-refractivity contribution is 9.10. The van der Waals surface area contributed by atoms with Crippen molar-refractivity contribution in [3.63, 3.8) is 0 Å². The minimum absolute atomic E-state index is 0.328. The van der Waals surface area contributed by atoms with E-state index in [0.29, 0.717) is 10.8 Å². The highest BCUT2D eigenvalue weighted by Gasteiger charge is 2.14. The molecule has 23 heavy (non-hydrogen) atoms. The number of nitrogens with zero attached hydrogens (tertiary/aromatic N) is 1. The third-order valence-corrected chi connectivity index (χ3v) is 4.02. The Kier molecular flexibility index (Phi) is 6.19. The maximum Gasteiger partial charge on any atom is 0.280 e. The van der Waals surface area contributed by atoms with Crippen LogP contribution in [0.1, 0.15) is 18.1 Å². The molecule has 1 N–H and O–H groups in total. The van der Waals surface area contributed by atoms with E-state index >= 15 is 0 Å². The molecule has 0 radical (unpaired) electrons. The van der Waals surface area contributed by atoms with Crippen LogP contribution in [0, 0.1) is 6.92 Å². The monoisotopic (exact) mass is 394 g/mol. The van der Waals surface area contributed by atoms with Gasteiger partial charge in [-0.2, -0.15) is 5.10 Å². The van der Waals surface area contributed by atoms with Gasteiger partial charge < -0.3 is 4.74 Å². The van der Waals surface area contributed by atoms with Crippen LogP contribution in [0.5, 0.6) is 5.75 Å². The van der Waals surface area contributed by atoms with Crippen molar-refractivity contribution in [1.82, 2.24) is 5.43 Å². The Morgan fingerprint density at radius 1 is 1.30 bits per heavy atom. The van der Waals surface area contributed by atoms with Crippen molar-refractivity contribution < 1.29 is 9.53 Å². The van der Waals surface area contributed by atoms with Gasteiger partial charge in [-0.25, -0.2) is 5.43 Å². The van der Waals surface area contributed by atoms with E-state index in [1.54, 1.807) is 31.3 Å². The second kappa shape index (κ2) is 8.13. The first kappa shape index (κ1) is 17.5. The summed E-state index contributed by atoms with van der Waals surface area (Å²) in [6, 6.07) is 12.8. The Bertz CT molecular complexity index is 717. The highest BCUT2D eigenvalue weighted by atomic mass is 79.9. The van der Waals surface area contributed by atoms with Crippen LogP contribution in [0.15, 0.2) is 52.0 Å². The molecule has 2 aromatic rings. The average molecular weight is 396 g/mol. The number of aryl methyl sites for hydroxylation is 1. The molecule has 0 bridgehead atoms. The van der Waals surface area contributed by atoms with Crippen molar-refractivity contribution >= 4 is 39.7 Å². The van der Waals surface area contributed by atoms with Crippen LogP contribution in [0.4, 0.5) is 0 Å². The van der Waals surface area contributed by atoms with E-state index in [9.17, 15) is 4.79 Å². The number of rotatable bonds is 5. The van der Waals surface area contributed by atoms with Crippen LogP contribution < -0.4 is 10.2 Å². The zero-order valence-corrected chi connectivity index (χ0v) is 15.1. The predicted molar refractivity (Wildman–Crippen MR) is 96.2 cm³/mol. The summed E-state index contributed by atoms with van der Waals surface area (Å²) in [5.41, 5.74) is 4.24. The molecule has 2 rings (SSSR count). The Labute approximate surface area is 148 Å². The molecule has 0 saturated carbocycles. The molecule has 1 unspecified atom stereocenters.